The maximum absolute atomic E-state index is 10.3. The monoisotopic (exact) mass is 256 g/mol. The SMILES string of the molecule is NC(CSCC[C@H](N)C(=O)O)C(=O)O.S. The number of hydrogen-bond donors (Lipinski definition) is 4. The van der Waals surface area contributed by atoms with Crippen molar-refractivity contribution < 1.29 is 19.8 Å². The van der Waals surface area contributed by atoms with Crippen LogP contribution in [0.5, 0.6) is 0 Å². The standard InChI is InChI=1S/C7H14N2O4S.H2S/c8-4(6(10)11)1-2-14-3-5(9)7(12)13;/h4-5H,1-3,8-9H2,(H,10,11)(H,12,13);1H2/t4-,5?;/m0./s1. The summed E-state index contributed by atoms with van der Waals surface area (Å²) in [6, 6.07) is -1.79. The molecule has 0 rings (SSSR count). The summed E-state index contributed by atoms with van der Waals surface area (Å²) in [5.41, 5.74) is 10.5. The first-order valence-corrected chi connectivity index (χ1v) is 5.15. The van der Waals surface area contributed by atoms with Crippen LogP contribution in [0.3, 0.4) is 0 Å². The van der Waals surface area contributed by atoms with E-state index in [1.54, 1.807) is 0 Å². The highest BCUT2D eigenvalue weighted by Crippen LogP contribution is 2.05. The molecule has 0 aliphatic heterocycles. The van der Waals surface area contributed by atoms with E-state index in [4.69, 9.17) is 21.7 Å². The molecular formula is C7H16N2O4S2. The molecule has 1 unspecified atom stereocenters. The average Bonchev–Trinajstić information content (AvgIpc) is 2.11. The van der Waals surface area contributed by atoms with Gasteiger partial charge in [0.2, 0.25) is 0 Å². The Morgan fingerprint density at radius 2 is 1.60 bits per heavy atom. The van der Waals surface area contributed by atoms with Crippen LogP contribution >= 0.6 is 25.3 Å². The van der Waals surface area contributed by atoms with E-state index in [0.29, 0.717) is 12.2 Å². The minimum Gasteiger partial charge on any atom is -0.480 e. The summed E-state index contributed by atoms with van der Waals surface area (Å²) in [5.74, 6) is -1.34. The fourth-order valence-electron chi connectivity index (χ4n) is 0.615. The van der Waals surface area contributed by atoms with Gasteiger partial charge in [-0.25, -0.2) is 0 Å². The third kappa shape index (κ3) is 8.55. The van der Waals surface area contributed by atoms with Crippen LogP contribution in [0.15, 0.2) is 0 Å². The van der Waals surface area contributed by atoms with Crippen molar-refractivity contribution in [2.45, 2.75) is 18.5 Å². The molecule has 90 valence electrons. The molecule has 8 heteroatoms. The zero-order chi connectivity index (χ0) is 11.1. The normalized spacial score (nSPS) is 13.7. The fraction of sp³-hybridized carbons (Fsp3) is 0.714. The molecule has 0 aromatic carbocycles. The largest absolute Gasteiger partial charge is 0.480 e. The van der Waals surface area contributed by atoms with Gasteiger partial charge in [0.05, 0.1) is 0 Å². The summed E-state index contributed by atoms with van der Waals surface area (Å²) in [7, 11) is 0. The van der Waals surface area contributed by atoms with Gasteiger partial charge in [-0.2, -0.15) is 25.3 Å². The summed E-state index contributed by atoms with van der Waals surface area (Å²) in [6.45, 7) is 0. The number of rotatable bonds is 7. The molecule has 0 aliphatic rings. The Kier molecular flexibility index (Phi) is 10.00. The number of carbonyl (C=O) groups is 2. The molecule has 6 N–H and O–H groups in total. The van der Waals surface area contributed by atoms with Crippen molar-refractivity contribution in [3.63, 3.8) is 0 Å². The zero-order valence-electron chi connectivity index (χ0n) is 8.05. The van der Waals surface area contributed by atoms with E-state index in [-0.39, 0.29) is 19.2 Å². The number of carboxylic acids is 2. The Morgan fingerprint density at radius 1 is 1.13 bits per heavy atom. The molecule has 0 heterocycles. The number of thioether (sulfide) groups is 1. The summed E-state index contributed by atoms with van der Waals surface area (Å²) in [5, 5.41) is 16.8. The second-order valence-corrected chi connectivity index (χ2v) is 3.90. The van der Waals surface area contributed by atoms with Crippen LogP contribution in [0.2, 0.25) is 0 Å². The Balaban J connectivity index is 0. The molecule has 0 bridgehead atoms. The molecule has 2 atom stereocenters. The third-order valence-electron chi connectivity index (χ3n) is 1.50. The van der Waals surface area contributed by atoms with Gasteiger partial charge in [0, 0.05) is 5.75 Å². The molecule has 0 spiro atoms. The lowest BCUT2D eigenvalue weighted by Crippen LogP contribution is -2.33. The van der Waals surface area contributed by atoms with Gasteiger partial charge in [-0.1, -0.05) is 0 Å². The van der Waals surface area contributed by atoms with Crippen LogP contribution in [-0.4, -0.2) is 45.7 Å². The molecular weight excluding hydrogens is 240 g/mol. The highest BCUT2D eigenvalue weighted by Gasteiger charge is 2.13. The molecule has 0 aromatic heterocycles. The molecule has 0 saturated carbocycles. The van der Waals surface area contributed by atoms with Crippen molar-refractivity contribution in [1.29, 1.82) is 0 Å². The number of aliphatic carboxylic acids is 2. The highest BCUT2D eigenvalue weighted by atomic mass is 32.2. The Hall–Kier alpha value is -0.440. The van der Waals surface area contributed by atoms with E-state index < -0.39 is 24.0 Å². The summed E-state index contributed by atoms with van der Waals surface area (Å²) in [4.78, 5) is 20.6. The minimum absolute atomic E-state index is 0. The number of nitrogens with two attached hydrogens (primary N) is 2. The predicted molar refractivity (Wildman–Crippen MR) is 63.5 cm³/mol. The maximum Gasteiger partial charge on any atom is 0.321 e. The topological polar surface area (TPSA) is 127 Å². The average molecular weight is 256 g/mol. The zero-order valence-corrected chi connectivity index (χ0v) is 9.87. The van der Waals surface area contributed by atoms with E-state index in [9.17, 15) is 9.59 Å². The van der Waals surface area contributed by atoms with E-state index in [1.807, 2.05) is 0 Å². The molecule has 0 fully saturated rings. The Bertz CT molecular complexity index is 193. The van der Waals surface area contributed by atoms with Gasteiger partial charge in [-0.05, 0) is 12.2 Å². The molecule has 0 saturated heterocycles. The van der Waals surface area contributed by atoms with E-state index in [0.717, 1.165) is 0 Å². The van der Waals surface area contributed by atoms with Gasteiger partial charge in [0.1, 0.15) is 12.1 Å². The van der Waals surface area contributed by atoms with Crippen molar-refractivity contribution in [3.8, 4) is 0 Å². The van der Waals surface area contributed by atoms with Crippen molar-refractivity contribution in [1.82, 2.24) is 0 Å². The van der Waals surface area contributed by atoms with Crippen LogP contribution in [0.4, 0.5) is 0 Å². The van der Waals surface area contributed by atoms with Crippen LogP contribution in [0.1, 0.15) is 6.42 Å². The lowest BCUT2D eigenvalue weighted by atomic mass is 10.2. The van der Waals surface area contributed by atoms with Crippen molar-refractivity contribution in [3.05, 3.63) is 0 Å². The lowest BCUT2D eigenvalue weighted by Gasteiger charge is -2.07. The van der Waals surface area contributed by atoms with E-state index in [1.165, 1.54) is 11.8 Å². The summed E-state index contributed by atoms with van der Waals surface area (Å²) >= 11 is 1.29. The predicted octanol–water partition coefficient (Wildman–Crippen LogP) is -0.954. The first kappa shape index (κ1) is 17.0. The van der Waals surface area contributed by atoms with Gasteiger partial charge < -0.3 is 21.7 Å². The lowest BCUT2D eigenvalue weighted by molar-refractivity contribution is -0.139. The second-order valence-electron chi connectivity index (χ2n) is 2.75. The summed E-state index contributed by atoms with van der Waals surface area (Å²) in [6.07, 6.45) is 0.312. The highest BCUT2D eigenvalue weighted by molar-refractivity contribution is 7.99. The molecule has 15 heavy (non-hydrogen) atoms. The van der Waals surface area contributed by atoms with E-state index >= 15 is 0 Å². The van der Waals surface area contributed by atoms with Gasteiger partial charge in [-0.15, -0.1) is 0 Å². The van der Waals surface area contributed by atoms with Crippen LogP contribution in [0, 0.1) is 0 Å². The number of hydrogen-bond acceptors (Lipinski definition) is 5. The quantitative estimate of drug-likeness (QED) is 0.432. The molecule has 0 amide bonds. The molecule has 0 radical (unpaired) electrons. The minimum atomic E-state index is -1.06. The molecule has 6 nitrogen and oxygen atoms in total. The van der Waals surface area contributed by atoms with Crippen LogP contribution in [0.25, 0.3) is 0 Å². The van der Waals surface area contributed by atoms with Gasteiger partial charge in [-0.3, -0.25) is 9.59 Å². The Morgan fingerprint density at radius 3 is 2.00 bits per heavy atom. The van der Waals surface area contributed by atoms with Gasteiger partial charge >= 0.3 is 11.9 Å². The molecule has 0 aliphatic carbocycles. The first-order valence-electron chi connectivity index (χ1n) is 3.99. The van der Waals surface area contributed by atoms with Crippen molar-refractivity contribution in [2.75, 3.05) is 11.5 Å². The van der Waals surface area contributed by atoms with Gasteiger partial charge in [0.15, 0.2) is 0 Å². The smallest absolute Gasteiger partial charge is 0.321 e. The summed E-state index contributed by atoms with van der Waals surface area (Å²) < 4.78 is 0. The van der Waals surface area contributed by atoms with Gasteiger partial charge in [0.25, 0.3) is 0 Å². The van der Waals surface area contributed by atoms with Crippen molar-refractivity contribution >= 4 is 37.2 Å². The second kappa shape index (κ2) is 8.84. The van der Waals surface area contributed by atoms with Crippen molar-refractivity contribution in [2.24, 2.45) is 11.5 Å². The Labute approximate surface area is 98.8 Å². The maximum atomic E-state index is 10.3. The molecule has 0 aromatic rings. The van der Waals surface area contributed by atoms with Crippen LogP contribution in [-0.2, 0) is 9.59 Å². The number of carboxylic acid groups (broad SMARTS) is 2. The van der Waals surface area contributed by atoms with Crippen LogP contribution < -0.4 is 11.5 Å². The third-order valence-corrected chi connectivity index (χ3v) is 2.62. The first-order chi connectivity index (χ1) is 6.45. The van der Waals surface area contributed by atoms with E-state index in [2.05, 4.69) is 0 Å². The fourth-order valence-corrected chi connectivity index (χ4v) is 1.60.